The normalized spacial score (nSPS) is 40.6. The topological polar surface area (TPSA) is 65.0 Å². The van der Waals surface area contributed by atoms with E-state index in [4.69, 9.17) is 19.3 Å². The largest absolute Gasteiger partial charge is 0.479 e. The van der Waals surface area contributed by atoms with E-state index >= 15 is 0 Å². The molecule has 0 bridgehead atoms. The van der Waals surface area contributed by atoms with Gasteiger partial charge in [0.15, 0.2) is 11.9 Å². The first-order chi connectivity index (χ1) is 6.49. The molecule has 0 aromatic carbocycles. The van der Waals surface area contributed by atoms with Gasteiger partial charge in [-0.3, -0.25) is 0 Å². The zero-order valence-electron chi connectivity index (χ0n) is 8.23. The highest BCUT2D eigenvalue weighted by Gasteiger charge is 2.50. The van der Waals surface area contributed by atoms with E-state index in [1.807, 2.05) is 0 Å². The van der Waals surface area contributed by atoms with Crippen molar-refractivity contribution in [2.24, 2.45) is 0 Å². The van der Waals surface area contributed by atoms with Crippen LogP contribution in [0.1, 0.15) is 20.3 Å². The maximum absolute atomic E-state index is 10.8. The average molecular weight is 202 g/mol. The molecule has 0 aliphatic carbocycles. The lowest BCUT2D eigenvalue weighted by Crippen LogP contribution is -2.47. The van der Waals surface area contributed by atoms with Gasteiger partial charge in [-0.2, -0.15) is 0 Å². The Morgan fingerprint density at radius 3 is 2.79 bits per heavy atom. The van der Waals surface area contributed by atoms with Crippen LogP contribution in [0.25, 0.3) is 0 Å². The first-order valence-electron chi connectivity index (χ1n) is 4.70. The molecule has 0 spiro atoms. The minimum atomic E-state index is -0.985. The second kappa shape index (κ2) is 3.18. The highest BCUT2D eigenvalue weighted by atomic mass is 16.8. The molecule has 2 rings (SSSR count). The van der Waals surface area contributed by atoms with Crippen LogP contribution in [0.2, 0.25) is 0 Å². The van der Waals surface area contributed by atoms with Gasteiger partial charge in [0.1, 0.15) is 6.10 Å². The molecular formula is C9H14O5. The second-order valence-electron chi connectivity index (χ2n) is 4.06. The Morgan fingerprint density at radius 2 is 2.14 bits per heavy atom. The molecule has 0 aromatic rings. The Labute approximate surface area is 81.9 Å². The zero-order chi connectivity index (χ0) is 10.3. The highest BCUT2D eigenvalue weighted by molar-refractivity contribution is 5.73. The molecule has 2 fully saturated rings. The molecule has 0 saturated carbocycles. The quantitative estimate of drug-likeness (QED) is 0.666. The molecule has 0 amide bonds. The van der Waals surface area contributed by atoms with Crippen molar-refractivity contribution in [1.82, 2.24) is 0 Å². The Hall–Kier alpha value is -0.650. The Kier molecular flexibility index (Phi) is 2.25. The number of carbonyl (C=O) groups is 1. The fourth-order valence-electron chi connectivity index (χ4n) is 1.96. The summed E-state index contributed by atoms with van der Waals surface area (Å²) in [7, 11) is 0. The first kappa shape index (κ1) is 9.89. The van der Waals surface area contributed by atoms with Crippen LogP contribution in [0.3, 0.4) is 0 Å². The van der Waals surface area contributed by atoms with Crippen LogP contribution in [-0.2, 0) is 19.0 Å². The summed E-state index contributed by atoms with van der Waals surface area (Å²) in [6.07, 6.45) is -0.829. The zero-order valence-corrected chi connectivity index (χ0v) is 8.23. The predicted molar refractivity (Wildman–Crippen MR) is 45.8 cm³/mol. The number of ether oxygens (including phenoxy) is 3. The van der Waals surface area contributed by atoms with E-state index in [1.165, 1.54) is 0 Å². The predicted octanol–water partition coefficient (Wildman–Crippen LogP) is 0.380. The average Bonchev–Trinajstić information content (AvgIpc) is 2.36. The van der Waals surface area contributed by atoms with Gasteiger partial charge in [-0.15, -0.1) is 0 Å². The maximum Gasteiger partial charge on any atom is 0.335 e. The number of carboxylic acids is 1. The standard InChI is InChI=1S/C9H14O5/c1-9(2)13-5-3-4-12-7(8(10)11)6(5)14-9/h5-7H,3-4H2,1-2H3,(H,10,11)/t5-,6-,7+/m1/s1. The molecule has 5 heteroatoms. The van der Waals surface area contributed by atoms with Crippen molar-refractivity contribution >= 4 is 5.97 Å². The summed E-state index contributed by atoms with van der Waals surface area (Å²) < 4.78 is 16.2. The molecule has 80 valence electrons. The van der Waals surface area contributed by atoms with Gasteiger partial charge >= 0.3 is 5.97 Å². The third kappa shape index (κ3) is 1.63. The van der Waals surface area contributed by atoms with Gasteiger partial charge < -0.3 is 19.3 Å². The van der Waals surface area contributed by atoms with Crippen molar-refractivity contribution in [3.8, 4) is 0 Å². The fraction of sp³-hybridized carbons (Fsp3) is 0.889. The van der Waals surface area contributed by atoms with Gasteiger partial charge in [0, 0.05) is 0 Å². The third-order valence-corrected chi connectivity index (χ3v) is 2.46. The van der Waals surface area contributed by atoms with Crippen molar-refractivity contribution in [3.05, 3.63) is 0 Å². The fourth-order valence-corrected chi connectivity index (χ4v) is 1.96. The van der Waals surface area contributed by atoms with Crippen LogP contribution in [0.4, 0.5) is 0 Å². The molecule has 5 nitrogen and oxygen atoms in total. The van der Waals surface area contributed by atoms with Gasteiger partial charge in [-0.05, 0) is 20.3 Å². The van der Waals surface area contributed by atoms with E-state index in [2.05, 4.69) is 0 Å². The van der Waals surface area contributed by atoms with Crippen LogP contribution in [0.15, 0.2) is 0 Å². The number of aliphatic carboxylic acids is 1. The smallest absolute Gasteiger partial charge is 0.335 e. The minimum absolute atomic E-state index is 0.153. The molecule has 0 radical (unpaired) electrons. The number of carboxylic acid groups (broad SMARTS) is 1. The van der Waals surface area contributed by atoms with Crippen molar-refractivity contribution in [2.75, 3.05) is 6.61 Å². The molecule has 2 aliphatic rings. The van der Waals surface area contributed by atoms with Gasteiger partial charge in [-0.1, -0.05) is 0 Å². The SMILES string of the molecule is CC1(C)O[C@H]2[C@@H](C(=O)O)OCC[C@H]2O1. The van der Waals surface area contributed by atoms with Crippen LogP contribution in [-0.4, -0.2) is 41.8 Å². The number of rotatable bonds is 1. The molecule has 1 N–H and O–H groups in total. The minimum Gasteiger partial charge on any atom is -0.479 e. The van der Waals surface area contributed by atoms with Crippen LogP contribution in [0, 0.1) is 0 Å². The molecule has 0 aromatic heterocycles. The number of hydrogen-bond acceptors (Lipinski definition) is 4. The summed E-state index contributed by atoms with van der Waals surface area (Å²) in [5.74, 6) is -1.68. The summed E-state index contributed by atoms with van der Waals surface area (Å²) in [6.45, 7) is 3.98. The maximum atomic E-state index is 10.8. The molecule has 14 heavy (non-hydrogen) atoms. The Balaban J connectivity index is 2.14. The van der Waals surface area contributed by atoms with E-state index in [9.17, 15) is 4.79 Å². The van der Waals surface area contributed by atoms with Crippen molar-refractivity contribution in [2.45, 2.75) is 44.4 Å². The molecule has 2 saturated heterocycles. The van der Waals surface area contributed by atoms with E-state index in [0.29, 0.717) is 13.0 Å². The molecule has 2 aliphatic heterocycles. The van der Waals surface area contributed by atoms with Crippen molar-refractivity contribution in [1.29, 1.82) is 0 Å². The molecule has 3 atom stereocenters. The van der Waals surface area contributed by atoms with Crippen molar-refractivity contribution in [3.63, 3.8) is 0 Å². The monoisotopic (exact) mass is 202 g/mol. The van der Waals surface area contributed by atoms with Gasteiger partial charge in [0.25, 0.3) is 0 Å². The van der Waals surface area contributed by atoms with E-state index < -0.39 is 24.0 Å². The van der Waals surface area contributed by atoms with Gasteiger partial charge in [-0.25, -0.2) is 4.79 Å². The molecule has 0 unspecified atom stereocenters. The van der Waals surface area contributed by atoms with Gasteiger partial charge in [0.05, 0.1) is 12.7 Å². The summed E-state index contributed by atoms with van der Waals surface area (Å²) in [4.78, 5) is 10.8. The molecule has 2 heterocycles. The number of hydrogen-bond donors (Lipinski definition) is 1. The van der Waals surface area contributed by atoms with Crippen molar-refractivity contribution < 1.29 is 24.1 Å². The summed E-state index contributed by atoms with van der Waals surface area (Å²) in [5, 5.41) is 8.89. The first-order valence-corrected chi connectivity index (χ1v) is 4.70. The van der Waals surface area contributed by atoms with Crippen LogP contribution < -0.4 is 0 Å². The summed E-state index contributed by atoms with van der Waals surface area (Å²) in [5.41, 5.74) is 0. The number of fused-ring (bicyclic) bond motifs is 1. The third-order valence-electron chi connectivity index (χ3n) is 2.46. The van der Waals surface area contributed by atoms with Gasteiger partial charge in [0.2, 0.25) is 0 Å². The summed E-state index contributed by atoms with van der Waals surface area (Å²) in [6, 6.07) is 0. The Bertz CT molecular complexity index is 250. The second-order valence-corrected chi connectivity index (χ2v) is 4.06. The van der Waals surface area contributed by atoms with E-state index in [-0.39, 0.29) is 6.10 Å². The van der Waals surface area contributed by atoms with E-state index in [0.717, 1.165) is 0 Å². The van der Waals surface area contributed by atoms with E-state index in [1.54, 1.807) is 13.8 Å². The lowest BCUT2D eigenvalue weighted by Gasteiger charge is -2.28. The van der Waals surface area contributed by atoms with Crippen LogP contribution in [0.5, 0.6) is 0 Å². The summed E-state index contributed by atoms with van der Waals surface area (Å²) >= 11 is 0. The Morgan fingerprint density at radius 1 is 1.43 bits per heavy atom. The molecular weight excluding hydrogens is 188 g/mol. The highest BCUT2D eigenvalue weighted by Crippen LogP contribution is 2.35. The lowest BCUT2D eigenvalue weighted by molar-refractivity contribution is -0.174. The van der Waals surface area contributed by atoms with Crippen LogP contribution >= 0.6 is 0 Å². The lowest BCUT2D eigenvalue weighted by atomic mass is 10.0.